The standard InChI is InChI=1S/C14H14N2O3/c1-10-3-8-14(13(9-10)16(17)18)19-12-6-4-11(15-2)5-7-12/h3-9,15H,1-2H3. The molecule has 0 aliphatic heterocycles. The maximum absolute atomic E-state index is 11.0. The molecule has 0 aliphatic carbocycles. The minimum atomic E-state index is -0.440. The van der Waals surface area contributed by atoms with E-state index in [0.29, 0.717) is 5.75 Å². The first-order valence-corrected chi connectivity index (χ1v) is 5.81. The molecule has 19 heavy (non-hydrogen) atoms. The number of rotatable bonds is 4. The Hall–Kier alpha value is -2.56. The molecule has 2 aromatic carbocycles. The quantitative estimate of drug-likeness (QED) is 0.670. The lowest BCUT2D eigenvalue weighted by atomic mass is 10.2. The van der Waals surface area contributed by atoms with Crippen LogP contribution in [0, 0.1) is 17.0 Å². The van der Waals surface area contributed by atoms with Crippen LogP contribution in [0.2, 0.25) is 0 Å². The first-order chi connectivity index (χ1) is 9.10. The second-order valence-electron chi connectivity index (χ2n) is 4.10. The molecular formula is C14H14N2O3. The number of nitro groups is 1. The summed E-state index contributed by atoms with van der Waals surface area (Å²) in [5.41, 5.74) is 1.74. The van der Waals surface area contributed by atoms with Gasteiger partial charge in [-0.25, -0.2) is 0 Å². The zero-order valence-corrected chi connectivity index (χ0v) is 10.7. The number of nitro benzene ring substituents is 1. The molecule has 0 aliphatic rings. The highest BCUT2D eigenvalue weighted by Crippen LogP contribution is 2.32. The molecule has 0 amide bonds. The SMILES string of the molecule is CNc1ccc(Oc2ccc(C)cc2[N+](=O)[O-])cc1. The third kappa shape index (κ3) is 3.01. The minimum Gasteiger partial charge on any atom is -0.450 e. The average molecular weight is 258 g/mol. The van der Waals surface area contributed by atoms with E-state index in [9.17, 15) is 10.1 Å². The van der Waals surface area contributed by atoms with Crippen molar-refractivity contribution in [3.63, 3.8) is 0 Å². The number of hydrogen-bond donors (Lipinski definition) is 1. The monoisotopic (exact) mass is 258 g/mol. The van der Waals surface area contributed by atoms with Gasteiger partial charge >= 0.3 is 5.69 Å². The summed E-state index contributed by atoms with van der Waals surface area (Å²) in [5.74, 6) is 0.804. The molecule has 2 rings (SSSR count). The van der Waals surface area contributed by atoms with Crippen LogP contribution in [0.1, 0.15) is 5.56 Å². The molecule has 0 saturated carbocycles. The summed E-state index contributed by atoms with van der Waals surface area (Å²) in [7, 11) is 1.82. The molecule has 0 heterocycles. The van der Waals surface area contributed by atoms with Crippen LogP contribution in [0.5, 0.6) is 11.5 Å². The van der Waals surface area contributed by atoms with Gasteiger partial charge in [-0.05, 0) is 42.8 Å². The minimum absolute atomic E-state index is 0.0299. The van der Waals surface area contributed by atoms with Gasteiger partial charge in [0.05, 0.1) is 4.92 Å². The number of nitrogens with one attached hydrogen (secondary N) is 1. The number of nitrogens with zero attached hydrogens (tertiary/aromatic N) is 1. The summed E-state index contributed by atoms with van der Waals surface area (Å²) in [6.45, 7) is 1.80. The largest absolute Gasteiger partial charge is 0.450 e. The highest BCUT2D eigenvalue weighted by atomic mass is 16.6. The van der Waals surface area contributed by atoms with Gasteiger partial charge in [-0.15, -0.1) is 0 Å². The van der Waals surface area contributed by atoms with Crippen molar-refractivity contribution in [2.45, 2.75) is 6.92 Å². The Morgan fingerprint density at radius 1 is 1.16 bits per heavy atom. The Balaban J connectivity index is 2.29. The van der Waals surface area contributed by atoms with Gasteiger partial charge in [-0.3, -0.25) is 10.1 Å². The van der Waals surface area contributed by atoms with Crippen LogP contribution in [0.3, 0.4) is 0 Å². The number of aryl methyl sites for hydroxylation is 1. The third-order valence-electron chi connectivity index (χ3n) is 2.68. The fraction of sp³-hybridized carbons (Fsp3) is 0.143. The molecule has 0 saturated heterocycles. The molecule has 5 heteroatoms. The van der Waals surface area contributed by atoms with Gasteiger partial charge in [0.2, 0.25) is 5.75 Å². The first kappa shape index (κ1) is 12.9. The molecule has 0 atom stereocenters. The Labute approximate surface area is 111 Å². The number of anilines is 1. The number of benzene rings is 2. The highest BCUT2D eigenvalue weighted by Gasteiger charge is 2.15. The smallest absolute Gasteiger partial charge is 0.311 e. The van der Waals surface area contributed by atoms with Gasteiger partial charge in [0.25, 0.3) is 0 Å². The van der Waals surface area contributed by atoms with Crippen LogP contribution in [-0.4, -0.2) is 12.0 Å². The molecule has 2 aromatic rings. The summed E-state index contributed by atoms with van der Waals surface area (Å²) < 4.78 is 5.56. The van der Waals surface area contributed by atoms with Crippen molar-refractivity contribution in [1.29, 1.82) is 0 Å². The van der Waals surface area contributed by atoms with Crippen molar-refractivity contribution in [2.75, 3.05) is 12.4 Å². The molecule has 0 spiro atoms. The lowest BCUT2D eigenvalue weighted by Gasteiger charge is -2.07. The van der Waals surface area contributed by atoms with Gasteiger partial charge in [0, 0.05) is 18.8 Å². The predicted octanol–water partition coefficient (Wildman–Crippen LogP) is 3.74. The Morgan fingerprint density at radius 2 is 1.84 bits per heavy atom. The topological polar surface area (TPSA) is 64.4 Å². The van der Waals surface area contributed by atoms with E-state index >= 15 is 0 Å². The molecule has 0 unspecified atom stereocenters. The van der Waals surface area contributed by atoms with E-state index < -0.39 is 4.92 Å². The first-order valence-electron chi connectivity index (χ1n) is 5.81. The number of hydrogen-bond acceptors (Lipinski definition) is 4. The van der Waals surface area contributed by atoms with Gasteiger partial charge in [-0.1, -0.05) is 6.07 Å². The molecule has 0 fully saturated rings. The zero-order chi connectivity index (χ0) is 13.8. The lowest BCUT2D eigenvalue weighted by molar-refractivity contribution is -0.385. The van der Waals surface area contributed by atoms with Gasteiger partial charge in [0.15, 0.2) is 0 Å². The molecule has 0 bridgehead atoms. The van der Waals surface area contributed by atoms with Gasteiger partial charge in [-0.2, -0.15) is 0 Å². The van der Waals surface area contributed by atoms with Crippen LogP contribution < -0.4 is 10.1 Å². The van der Waals surface area contributed by atoms with Crippen LogP contribution >= 0.6 is 0 Å². The van der Waals surface area contributed by atoms with Crippen LogP contribution in [0.25, 0.3) is 0 Å². The van der Waals surface area contributed by atoms with Crippen molar-refractivity contribution in [1.82, 2.24) is 0 Å². The predicted molar refractivity (Wildman–Crippen MR) is 73.9 cm³/mol. The Bertz CT molecular complexity index is 594. The van der Waals surface area contributed by atoms with Gasteiger partial charge < -0.3 is 10.1 Å². The van der Waals surface area contributed by atoms with Gasteiger partial charge in [0.1, 0.15) is 5.75 Å². The van der Waals surface area contributed by atoms with Crippen LogP contribution in [0.4, 0.5) is 11.4 Å². The summed E-state index contributed by atoms with van der Waals surface area (Å²) in [6, 6.07) is 12.1. The van der Waals surface area contributed by atoms with E-state index in [1.54, 1.807) is 31.2 Å². The van der Waals surface area contributed by atoms with E-state index in [4.69, 9.17) is 4.74 Å². The van der Waals surface area contributed by atoms with Crippen LogP contribution in [0.15, 0.2) is 42.5 Å². The second kappa shape index (κ2) is 5.39. The van der Waals surface area contributed by atoms with Crippen molar-refractivity contribution in [3.8, 4) is 11.5 Å². The van der Waals surface area contributed by atoms with Crippen molar-refractivity contribution in [2.24, 2.45) is 0 Å². The Kier molecular flexibility index (Phi) is 3.66. The molecule has 1 N–H and O–H groups in total. The van der Waals surface area contributed by atoms with E-state index in [2.05, 4.69) is 5.32 Å². The van der Waals surface area contributed by atoms with E-state index in [1.807, 2.05) is 19.2 Å². The molecule has 0 aromatic heterocycles. The molecule has 5 nitrogen and oxygen atoms in total. The van der Waals surface area contributed by atoms with Crippen molar-refractivity contribution >= 4 is 11.4 Å². The van der Waals surface area contributed by atoms with Crippen LogP contribution in [-0.2, 0) is 0 Å². The molecule has 98 valence electrons. The van der Waals surface area contributed by atoms with Crippen molar-refractivity contribution in [3.05, 3.63) is 58.1 Å². The highest BCUT2D eigenvalue weighted by molar-refractivity contribution is 5.52. The number of ether oxygens (including phenoxy) is 1. The fourth-order valence-corrected chi connectivity index (χ4v) is 1.67. The zero-order valence-electron chi connectivity index (χ0n) is 10.7. The lowest BCUT2D eigenvalue weighted by Crippen LogP contribution is -1.94. The fourth-order valence-electron chi connectivity index (χ4n) is 1.67. The summed E-state index contributed by atoms with van der Waals surface area (Å²) >= 11 is 0. The second-order valence-corrected chi connectivity index (χ2v) is 4.10. The maximum Gasteiger partial charge on any atom is 0.311 e. The summed E-state index contributed by atoms with van der Waals surface area (Å²) in [6.07, 6.45) is 0. The molecular weight excluding hydrogens is 244 g/mol. The van der Waals surface area contributed by atoms with E-state index in [-0.39, 0.29) is 11.4 Å². The Morgan fingerprint density at radius 3 is 2.42 bits per heavy atom. The average Bonchev–Trinajstić information content (AvgIpc) is 2.41. The van der Waals surface area contributed by atoms with E-state index in [0.717, 1.165) is 11.3 Å². The normalized spacial score (nSPS) is 10.0. The van der Waals surface area contributed by atoms with E-state index in [1.165, 1.54) is 6.07 Å². The molecule has 0 radical (unpaired) electrons. The van der Waals surface area contributed by atoms with Crippen molar-refractivity contribution < 1.29 is 9.66 Å². The third-order valence-corrected chi connectivity index (χ3v) is 2.68. The maximum atomic E-state index is 11.0. The summed E-state index contributed by atoms with van der Waals surface area (Å²) in [5, 5.41) is 14.0. The summed E-state index contributed by atoms with van der Waals surface area (Å²) in [4.78, 5) is 10.5.